The SMILES string of the molecule is CC(C)(C)C(=O)OCCNC(=O)[C@@H]1CCCNC1. The summed E-state index contributed by atoms with van der Waals surface area (Å²) in [6, 6.07) is 0. The normalized spacial score (nSPS) is 20.3. The summed E-state index contributed by atoms with van der Waals surface area (Å²) >= 11 is 0. The van der Waals surface area contributed by atoms with Gasteiger partial charge in [0.2, 0.25) is 5.91 Å². The van der Waals surface area contributed by atoms with E-state index in [1.807, 2.05) is 20.8 Å². The van der Waals surface area contributed by atoms with Crippen LogP contribution in [0.2, 0.25) is 0 Å². The van der Waals surface area contributed by atoms with Crippen molar-refractivity contribution in [3.05, 3.63) is 0 Å². The quantitative estimate of drug-likeness (QED) is 0.574. The molecule has 1 saturated heterocycles. The van der Waals surface area contributed by atoms with Crippen LogP contribution in [-0.2, 0) is 14.3 Å². The number of carbonyl (C=O) groups is 2. The molecule has 5 nitrogen and oxygen atoms in total. The summed E-state index contributed by atoms with van der Waals surface area (Å²) in [6.07, 6.45) is 1.97. The lowest BCUT2D eigenvalue weighted by molar-refractivity contribution is -0.153. The molecule has 1 rings (SSSR count). The van der Waals surface area contributed by atoms with E-state index in [0.717, 1.165) is 25.9 Å². The van der Waals surface area contributed by atoms with Gasteiger partial charge in [-0.05, 0) is 40.2 Å². The van der Waals surface area contributed by atoms with Gasteiger partial charge in [0.15, 0.2) is 0 Å². The summed E-state index contributed by atoms with van der Waals surface area (Å²) in [5.74, 6) is -0.137. The summed E-state index contributed by atoms with van der Waals surface area (Å²) in [5, 5.41) is 6.00. The number of piperidine rings is 1. The highest BCUT2D eigenvalue weighted by Crippen LogP contribution is 2.14. The van der Waals surface area contributed by atoms with Gasteiger partial charge in [0, 0.05) is 6.54 Å². The molecule has 2 N–H and O–H groups in total. The second kappa shape index (κ2) is 6.73. The number of hydrogen-bond donors (Lipinski definition) is 2. The Labute approximate surface area is 109 Å². The first-order valence-electron chi connectivity index (χ1n) is 6.57. The first kappa shape index (κ1) is 15.0. The topological polar surface area (TPSA) is 67.4 Å². The van der Waals surface area contributed by atoms with Gasteiger partial charge >= 0.3 is 5.97 Å². The lowest BCUT2D eigenvalue weighted by Gasteiger charge is -2.22. The molecule has 0 aromatic heterocycles. The summed E-state index contributed by atoms with van der Waals surface area (Å²) in [7, 11) is 0. The van der Waals surface area contributed by atoms with Crippen LogP contribution in [0.4, 0.5) is 0 Å². The van der Waals surface area contributed by atoms with Crippen LogP contribution in [0.5, 0.6) is 0 Å². The van der Waals surface area contributed by atoms with Crippen molar-refractivity contribution < 1.29 is 14.3 Å². The van der Waals surface area contributed by atoms with Crippen molar-refractivity contribution in [3.63, 3.8) is 0 Å². The van der Waals surface area contributed by atoms with Gasteiger partial charge in [0.05, 0.1) is 17.9 Å². The average molecular weight is 256 g/mol. The molecule has 1 atom stereocenters. The minimum absolute atomic E-state index is 0.0500. The van der Waals surface area contributed by atoms with E-state index in [0.29, 0.717) is 6.54 Å². The zero-order chi connectivity index (χ0) is 13.6. The number of nitrogens with one attached hydrogen (secondary N) is 2. The van der Waals surface area contributed by atoms with Crippen LogP contribution < -0.4 is 10.6 Å². The maximum Gasteiger partial charge on any atom is 0.311 e. The number of hydrogen-bond acceptors (Lipinski definition) is 4. The number of carbonyl (C=O) groups excluding carboxylic acids is 2. The van der Waals surface area contributed by atoms with E-state index in [-0.39, 0.29) is 24.4 Å². The molecule has 18 heavy (non-hydrogen) atoms. The maximum absolute atomic E-state index is 11.7. The van der Waals surface area contributed by atoms with Gasteiger partial charge in [-0.3, -0.25) is 9.59 Å². The lowest BCUT2D eigenvalue weighted by atomic mass is 9.97. The molecule has 0 aliphatic carbocycles. The Bertz CT molecular complexity index is 291. The van der Waals surface area contributed by atoms with Crippen LogP contribution in [0.1, 0.15) is 33.6 Å². The highest BCUT2D eigenvalue weighted by Gasteiger charge is 2.23. The van der Waals surface area contributed by atoms with Crippen LogP contribution in [0.3, 0.4) is 0 Å². The number of esters is 1. The van der Waals surface area contributed by atoms with E-state index < -0.39 is 5.41 Å². The van der Waals surface area contributed by atoms with E-state index in [2.05, 4.69) is 10.6 Å². The molecule has 5 heteroatoms. The van der Waals surface area contributed by atoms with Crippen LogP contribution >= 0.6 is 0 Å². The Hall–Kier alpha value is -1.10. The Morgan fingerprint density at radius 2 is 2.11 bits per heavy atom. The van der Waals surface area contributed by atoms with E-state index in [4.69, 9.17) is 4.74 Å². The second-order valence-electron chi connectivity index (χ2n) is 5.72. The standard InChI is InChI=1S/C13H24N2O3/c1-13(2,3)12(17)18-8-7-15-11(16)10-5-4-6-14-9-10/h10,14H,4-9H2,1-3H3,(H,15,16)/t10-/m1/s1. The lowest BCUT2D eigenvalue weighted by Crippen LogP contribution is -2.41. The third-order valence-corrected chi connectivity index (χ3v) is 2.91. The van der Waals surface area contributed by atoms with Crippen LogP contribution in [0, 0.1) is 11.3 Å². The van der Waals surface area contributed by atoms with Gasteiger partial charge in [0.25, 0.3) is 0 Å². The number of rotatable bonds is 4. The molecular weight excluding hydrogens is 232 g/mol. The first-order valence-corrected chi connectivity index (χ1v) is 6.57. The molecule has 1 aliphatic heterocycles. The second-order valence-corrected chi connectivity index (χ2v) is 5.72. The van der Waals surface area contributed by atoms with E-state index in [1.54, 1.807) is 0 Å². The molecule has 1 heterocycles. The highest BCUT2D eigenvalue weighted by atomic mass is 16.5. The molecule has 1 aliphatic rings. The molecule has 0 radical (unpaired) electrons. The summed E-state index contributed by atoms with van der Waals surface area (Å²) in [5.41, 5.74) is -0.489. The maximum atomic E-state index is 11.7. The zero-order valence-electron chi connectivity index (χ0n) is 11.5. The summed E-state index contributed by atoms with van der Waals surface area (Å²) < 4.78 is 5.07. The van der Waals surface area contributed by atoms with Gasteiger partial charge in [-0.15, -0.1) is 0 Å². The molecule has 0 aromatic rings. The molecule has 1 fully saturated rings. The van der Waals surface area contributed by atoms with Gasteiger partial charge in [-0.1, -0.05) is 0 Å². The number of ether oxygens (including phenoxy) is 1. The summed E-state index contributed by atoms with van der Waals surface area (Å²) in [4.78, 5) is 23.2. The molecular formula is C13H24N2O3. The zero-order valence-corrected chi connectivity index (χ0v) is 11.5. The van der Waals surface area contributed by atoms with Gasteiger partial charge in [0.1, 0.15) is 6.61 Å². The Kier molecular flexibility index (Phi) is 5.59. The predicted molar refractivity (Wildman–Crippen MR) is 69.0 cm³/mol. The Balaban J connectivity index is 2.14. The molecule has 0 saturated carbocycles. The van der Waals surface area contributed by atoms with Crippen molar-refractivity contribution in [1.29, 1.82) is 0 Å². The largest absolute Gasteiger partial charge is 0.463 e. The molecule has 0 spiro atoms. The fraction of sp³-hybridized carbons (Fsp3) is 0.846. The predicted octanol–water partition coefficient (Wildman–Crippen LogP) is 0.691. The molecule has 0 unspecified atom stereocenters. The smallest absolute Gasteiger partial charge is 0.311 e. The Morgan fingerprint density at radius 1 is 1.39 bits per heavy atom. The van der Waals surface area contributed by atoms with Crippen LogP contribution in [-0.4, -0.2) is 38.1 Å². The van der Waals surface area contributed by atoms with Crippen molar-refractivity contribution in [2.24, 2.45) is 11.3 Å². The van der Waals surface area contributed by atoms with Crippen molar-refractivity contribution in [2.45, 2.75) is 33.6 Å². The van der Waals surface area contributed by atoms with Crippen molar-refractivity contribution in [3.8, 4) is 0 Å². The van der Waals surface area contributed by atoms with E-state index in [9.17, 15) is 9.59 Å². The minimum Gasteiger partial charge on any atom is -0.463 e. The highest BCUT2D eigenvalue weighted by molar-refractivity contribution is 5.79. The molecule has 0 bridgehead atoms. The van der Waals surface area contributed by atoms with Gasteiger partial charge in [-0.25, -0.2) is 0 Å². The number of amides is 1. The third-order valence-electron chi connectivity index (χ3n) is 2.91. The van der Waals surface area contributed by atoms with Crippen LogP contribution in [0.25, 0.3) is 0 Å². The first-order chi connectivity index (χ1) is 8.41. The molecule has 0 aromatic carbocycles. The third kappa shape index (κ3) is 5.04. The molecule has 104 valence electrons. The fourth-order valence-corrected chi connectivity index (χ4v) is 1.75. The van der Waals surface area contributed by atoms with E-state index in [1.165, 1.54) is 0 Å². The van der Waals surface area contributed by atoms with Crippen LogP contribution in [0.15, 0.2) is 0 Å². The van der Waals surface area contributed by atoms with Gasteiger partial charge in [-0.2, -0.15) is 0 Å². The molecule has 1 amide bonds. The van der Waals surface area contributed by atoms with Gasteiger partial charge < -0.3 is 15.4 Å². The van der Waals surface area contributed by atoms with Crippen molar-refractivity contribution >= 4 is 11.9 Å². The van der Waals surface area contributed by atoms with Crippen molar-refractivity contribution in [2.75, 3.05) is 26.2 Å². The Morgan fingerprint density at radius 3 is 2.67 bits per heavy atom. The fourth-order valence-electron chi connectivity index (χ4n) is 1.75. The summed E-state index contributed by atoms with van der Waals surface area (Å²) in [6.45, 7) is 7.78. The van der Waals surface area contributed by atoms with E-state index >= 15 is 0 Å². The van der Waals surface area contributed by atoms with Crippen molar-refractivity contribution in [1.82, 2.24) is 10.6 Å². The monoisotopic (exact) mass is 256 g/mol. The average Bonchev–Trinajstić information content (AvgIpc) is 2.34. The minimum atomic E-state index is -0.489.